The Hall–Kier alpha value is -0.610. The van der Waals surface area contributed by atoms with E-state index in [9.17, 15) is 4.79 Å². The zero-order chi connectivity index (χ0) is 7.56. The Morgan fingerprint density at radius 1 is 1.60 bits per heavy atom. The van der Waals surface area contributed by atoms with E-state index in [2.05, 4.69) is 5.32 Å². The molecule has 0 aromatic rings. The molecule has 0 amide bonds. The molecule has 1 rings (SSSR count). The Kier molecular flexibility index (Phi) is 2.24. The first kappa shape index (κ1) is 7.50. The fourth-order valence-electron chi connectivity index (χ4n) is 1.16. The van der Waals surface area contributed by atoms with E-state index in [1.807, 2.05) is 0 Å². The molecule has 0 aromatic carbocycles. The summed E-state index contributed by atoms with van der Waals surface area (Å²) in [6.45, 7) is 0.0315. The van der Waals surface area contributed by atoms with E-state index < -0.39 is 12.0 Å². The zero-order valence-corrected chi connectivity index (χ0v) is 5.58. The zero-order valence-electron chi connectivity index (χ0n) is 5.58. The first-order chi connectivity index (χ1) is 4.74. The van der Waals surface area contributed by atoms with Crippen molar-refractivity contribution in [3.05, 3.63) is 0 Å². The Morgan fingerprint density at radius 2 is 2.30 bits per heavy atom. The van der Waals surface area contributed by atoms with E-state index in [0.717, 1.165) is 6.42 Å². The summed E-state index contributed by atoms with van der Waals surface area (Å²) in [5.41, 5.74) is 0. The number of hydrogen-bond acceptors (Lipinski definition) is 3. The van der Waals surface area contributed by atoms with E-state index in [-0.39, 0.29) is 12.6 Å². The molecule has 4 nitrogen and oxygen atoms in total. The highest BCUT2D eigenvalue weighted by molar-refractivity contribution is 5.73. The molecule has 0 aromatic heterocycles. The van der Waals surface area contributed by atoms with Crippen molar-refractivity contribution in [1.29, 1.82) is 0 Å². The van der Waals surface area contributed by atoms with Gasteiger partial charge in [-0.15, -0.1) is 0 Å². The molecule has 1 aliphatic heterocycles. The number of aliphatic hydroxyl groups excluding tert-OH is 1. The second-order valence-electron chi connectivity index (χ2n) is 2.51. The minimum Gasteiger partial charge on any atom is -0.480 e. The van der Waals surface area contributed by atoms with Gasteiger partial charge in [-0.05, 0) is 12.8 Å². The van der Waals surface area contributed by atoms with Crippen LogP contribution in [0.4, 0.5) is 0 Å². The third-order valence-corrected chi connectivity index (χ3v) is 1.76. The highest BCUT2D eigenvalue weighted by Gasteiger charge is 2.27. The second kappa shape index (κ2) is 2.98. The predicted octanol–water partition coefficient (Wildman–Crippen LogP) is -0.816. The van der Waals surface area contributed by atoms with Crippen molar-refractivity contribution in [3.63, 3.8) is 0 Å². The molecule has 2 atom stereocenters. The van der Waals surface area contributed by atoms with Crippen molar-refractivity contribution >= 4 is 5.97 Å². The summed E-state index contributed by atoms with van der Waals surface area (Å²) in [5, 5.41) is 19.9. The van der Waals surface area contributed by atoms with Crippen LogP contribution < -0.4 is 5.32 Å². The average Bonchev–Trinajstić information content (AvgIpc) is 2.34. The molecule has 0 radical (unpaired) electrons. The monoisotopic (exact) mass is 145 g/mol. The minimum atomic E-state index is -0.823. The van der Waals surface area contributed by atoms with Gasteiger partial charge in [-0.1, -0.05) is 0 Å². The van der Waals surface area contributed by atoms with E-state index in [1.54, 1.807) is 0 Å². The maximum absolute atomic E-state index is 10.3. The molecule has 0 bridgehead atoms. The minimum absolute atomic E-state index is 0.0129. The smallest absolute Gasteiger partial charge is 0.320 e. The third-order valence-electron chi connectivity index (χ3n) is 1.76. The Bertz CT molecular complexity index is 137. The van der Waals surface area contributed by atoms with E-state index in [0.29, 0.717) is 6.42 Å². The van der Waals surface area contributed by atoms with Crippen LogP contribution in [-0.2, 0) is 4.79 Å². The van der Waals surface area contributed by atoms with Gasteiger partial charge in [0, 0.05) is 6.04 Å². The van der Waals surface area contributed by atoms with E-state index >= 15 is 0 Å². The van der Waals surface area contributed by atoms with Gasteiger partial charge in [0.05, 0.1) is 6.61 Å². The lowest BCUT2D eigenvalue weighted by atomic mass is 10.2. The fraction of sp³-hybridized carbons (Fsp3) is 0.833. The fourth-order valence-corrected chi connectivity index (χ4v) is 1.16. The van der Waals surface area contributed by atoms with Crippen LogP contribution >= 0.6 is 0 Å². The predicted molar refractivity (Wildman–Crippen MR) is 34.7 cm³/mol. The summed E-state index contributed by atoms with van der Waals surface area (Å²) in [5.74, 6) is -0.823. The molecule has 1 heterocycles. The van der Waals surface area contributed by atoms with Crippen molar-refractivity contribution in [2.24, 2.45) is 0 Å². The first-order valence-electron chi connectivity index (χ1n) is 3.33. The van der Waals surface area contributed by atoms with Gasteiger partial charge in [0.2, 0.25) is 0 Å². The normalized spacial score (nSPS) is 32.5. The van der Waals surface area contributed by atoms with Gasteiger partial charge in [0.1, 0.15) is 6.04 Å². The molecule has 10 heavy (non-hydrogen) atoms. The molecule has 0 spiro atoms. The molecule has 1 aliphatic rings. The van der Waals surface area contributed by atoms with Crippen LogP contribution in [0.3, 0.4) is 0 Å². The van der Waals surface area contributed by atoms with Gasteiger partial charge >= 0.3 is 5.97 Å². The van der Waals surface area contributed by atoms with Crippen molar-refractivity contribution in [2.75, 3.05) is 6.61 Å². The molecular formula is C6H11NO3. The molecule has 0 unspecified atom stereocenters. The summed E-state index contributed by atoms with van der Waals surface area (Å²) in [6, 6.07) is -0.460. The second-order valence-corrected chi connectivity index (χ2v) is 2.51. The summed E-state index contributed by atoms with van der Waals surface area (Å²) in [4.78, 5) is 10.3. The number of aliphatic hydroxyl groups is 1. The lowest BCUT2D eigenvalue weighted by molar-refractivity contribution is -0.139. The molecule has 3 N–H and O–H groups in total. The van der Waals surface area contributed by atoms with Crippen LogP contribution in [0.2, 0.25) is 0 Å². The van der Waals surface area contributed by atoms with Crippen molar-refractivity contribution in [2.45, 2.75) is 24.9 Å². The summed E-state index contributed by atoms with van der Waals surface area (Å²) < 4.78 is 0. The van der Waals surface area contributed by atoms with Crippen LogP contribution in [0.1, 0.15) is 12.8 Å². The molecule has 4 heteroatoms. The Balaban J connectivity index is 2.35. The number of carboxylic acid groups (broad SMARTS) is 1. The van der Waals surface area contributed by atoms with Gasteiger partial charge in [0.25, 0.3) is 0 Å². The van der Waals surface area contributed by atoms with Crippen molar-refractivity contribution < 1.29 is 15.0 Å². The first-order valence-corrected chi connectivity index (χ1v) is 3.33. The molecule has 0 saturated carbocycles. The maximum atomic E-state index is 10.3. The molecule has 1 fully saturated rings. The van der Waals surface area contributed by atoms with Crippen LogP contribution in [0, 0.1) is 0 Å². The maximum Gasteiger partial charge on any atom is 0.320 e. The number of carbonyl (C=O) groups is 1. The van der Waals surface area contributed by atoms with E-state index in [1.165, 1.54) is 0 Å². The van der Waals surface area contributed by atoms with Crippen LogP contribution in [0.15, 0.2) is 0 Å². The van der Waals surface area contributed by atoms with Crippen LogP contribution in [-0.4, -0.2) is 34.9 Å². The van der Waals surface area contributed by atoms with Gasteiger partial charge in [0.15, 0.2) is 0 Å². The quantitative estimate of drug-likeness (QED) is 0.475. The molecular weight excluding hydrogens is 134 g/mol. The lowest BCUT2D eigenvalue weighted by Crippen LogP contribution is -2.36. The number of hydrogen-bond donors (Lipinski definition) is 3. The van der Waals surface area contributed by atoms with E-state index in [4.69, 9.17) is 10.2 Å². The lowest BCUT2D eigenvalue weighted by Gasteiger charge is -2.06. The third kappa shape index (κ3) is 1.46. The summed E-state index contributed by atoms with van der Waals surface area (Å²) in [7, 11) is 0. The average molecular weight is 145 g/mol. The number of carboxylic acids is 1. The largest absolute Gasteiger partial charge is 0.480 e. The van der Waals surface area contributed by atoms with Gasteiger partial charge in [-0.3, -0.25) is 10.1 Å². The summed E-state index contributed by atoms with van der Waals surface area (Å²) >= 11 is 0. The molecule has 1 saturated heterocycles. The highest BCUT2D eigenvalue weighted by atomic mass is 16.4. The van der Waals surface area contributed by atoms with Crippen molar-refractivity contribution in [3.8, 4) is 0 Å². The van der Waals surface area contributed by atoms with Crippen LogP contribution in [0.25, 0.3) is 0 Å². The number of nitrogens with one attached hydrogen (secondary N) is 1. The Morgan fingerprint density at radius 3 is 2.60 bits per heavy atom. The van der Waals surface area contributed by atoms with Gasteiger partial charge < -0.3 is 10.2 Å². The number of aliphatic carboxylic acids is 1. The van der Waals surface area contributed by atoms with Crippen molar-refractivity contribution in [1.82, 2.24) is 5.32 Å². The number of rotatable bonds is 2. The SMILES string of the molecule is O=C(O)[C@@H]1CC[C@H](CO)N1. The highest BCUT2D eigenvalue weighted by Crippen LogP contribution is 2.11. The molecule has 0 aliphatic carbocycles. The topological polar surface area (TPSA) is 69.6 Å². The Labute approximate surface area is 58.9 Å². The standard InChI is InChI=1S/C6H11NO3/c8-3-4-1-2-5(7-4)6(9)10/h4-5,7-8H,1-3H2,(H,9,10)/t4-,5+/m1/s1. The summed E-state index contributed by atoms with van der Waals surface area (Å²) in [6.07, 6.45) is 1.38. The van der Waals surface area contributed by atoms with Crippen LogP contribution in [0.5, 0.6) is 0 Å². The van der Waals surface area contributed by atoms with Gasteiger partial charge in [-0.2, -0.15) is 0 Å². The van der Waals surface area contributed by atoms with Gasteiger partial charge in [-0.25, -0.2) is 0 Å². The molecule has 58 valence electrons.